The van der Waals surface area contributed by atoms with E-state index in [1.807, 2.05) is 57.2 Å². The number of carboxylic acid groups (broad SMARTS) is 1. The number of carboxylic acids is 1. The van der Waals surface area contributed by atoms with E-state index in [1.54, 1.807) is 19.9 Å². The Kier molecular flexibility index (Phi) is 10.2. The highest BCUT2D eigenvalue weighted by atomic mass is 16.6. The number of rotatable bonds is 13. The van der Waals surface area contributed by atoms with E-state index in [2.05, 4.69) is 10.3 Å². The summed E-state index contributed by atoms with van der Waals surface area (Å²) in [5.41, 5.74) is 3.26. The molecule has 1 aromatic heterocycles. The lowest BCUT2D eigenvalue weighted by Crippen LogP contribution is -2.26. The SMILES string of the molecule is Cc1oc(-c2ccc(OC(C)C)cc2)nc1CCOc1ccc(CCC(=O)O)c(CNC(=O)OC(C)C)c1. The molecule has 0 unspecified atom stereocenters. The summed E-state index contributed by atoms with van der Waals surface area (Å²) in [4.78, 5) is 27.6. The number of aryl methyl sites for hydroxylation is 2. The largest absolute Gasteiger partial charge is 0.493 e. The molecule has 3 aromatic rings. The van der Waals surface area contributed by atoms with Gasteiger partial charge in [-0.15, -0.1) is 0 Å². The van der Waals surface area contributed by atoms with Gasteiger partial charge in [-0.2, -0.15) is 0 Å². The van der Waals surface area contributed by atoms with E-state index >= 15 is 0 Å². The fourth-order valence-corrected chi connectivity index (χ4v) is 3.76. The van der Waals surface area contributed by atoms with E-state index in [-0.39, 0.29) is 25.2 Å². The van der Waals surface area contributed by atoms with Crippen molar-refractivity contribution in [1.82, 2.24) is 10.3 Å². The predicted molar refractivity (Wildman–Crippen MR) is 142 cm³/mol. The summed E-state index contributed by atoms with van der Waals surface area (Å²) in [6.07, 6.45) is 0.206. The van der Waals surface area contributed by atoms with Crippen LogP contribution in [0.15, 0.2) is 46.9 Å². The number of ether oxygens (including phenoxy) is 3. The molecule has 2 aromatic carbocycles. The summed E-state index contributed by atoms with van der Waals surface area (Å²) in [6, 6.07) is 13.1. The van der Waals surface area contributed by atoms with Gasteiger partial charge in [0.1, 0.15) is 17.3 Å². The van der Waals surface area contributed by atoms with Gasteiger partial charge in [-0.3, -0.25) is 4.79 Å². The number of carbonyl (C=O) groups is 2. The van der Waals surface area contributed by atoms with Crippen molar-refractivity contribution in [1.29, 1.82) is 0 Å². The monoisotopic (exact) mass is 524 g/mol. The zero-order valence-electron chi connectivity index (χ0n) is 22.6. The Morgan fingerprint density at radius 1 is 0.974 bits per heavy atom. The number of aromatic nitrogens is 1. The Morgan fingerprint density at radius 2 is 1.68 bits per heavy atom. The van der Waals surface area contributed by atoms with E-state index in [4.69, 9.17) is 23.7 Å². The summed E-state index contributed by atoms with van der Waals surface area (Å²) >= 11 is 0. The first-order valence-electron chi connectivity index (χ1n) is 12.7. The topological polar surface area (TPSA) is 120 Å². The fourth-order valence-electron chi connectivity index (χ4n) is 3.76. The van der Waals surface area contributed by atoms with E-state index in [1.165, 1.54) is 0 Å². The highest BCUT2D eigenvalue weighted by molar-refractivity contribution is 5.68. The zero-order valence-corrected chi connectivity index (χ0v) is 22.6. The molecule has 38 heavy (non-hydrogen) atoms. The molecule has 0 saturated carbocycles. The first-order chi connectivity index (χ1) is 18.1. The number of alkyl carbamates (subject to hydrolysis) is 1. The maximum atomic E-state index is 11.9. The summed E-state index contributed by atoms with van der Waals surface area (Å²) in [5.74, 6) is 1.79. The van der Waals surface area contributed by atoms with Crippen LogP contribution in [0.3, 0.4) is 0 Å². The molecule has 3 rings (SSSR count). The smallest absolute Gasteiger partial charge is 0.407 e. The standard InChI is InChI=1S/C29H36N2O7/c1-18(2)36-24-10-7-22(8-11-24)28-31-26(20(5)38-28)14-15-35-25-12-6-21(9-13-27(32)33)23(16-25)17-30-29(34)37-19(3)4/h6-8,10-12,16,18-19H,9,13-15,17H2,1-5H3,(H,30,34)(H,32,33). The highest BCUT2D eigenvalue weighted by Crippen LogP contribution is 2.25. The minimum Gasteiger partial charge on any atom is -0.493 e. The van der Waals surface area contributed by atoms with Crippen LogP contribution in [0, 0.1) is 6.92 Å². The molecule has 0 radical (unpaired) electrons. The van der Waals surface area contributed by atoms with Gasteiger partial charge in [0.25, 0.3) is 0 Å². The van der Waals surface area contributed by atoms with Gasteiger partial charge in [-0.05, 0) is 88.6 Å². The number of hydrogen-bond acceptors (Lipinski definition) is 7. The van der Waals surface area contributed by atoms with Gasteiger partial charge in [-0.1, -0.05) is 6.07 Å². The van der Waals surface area contributed by atoms with E-state index in [0.29, 0.717) is 31.1 Å². The predicted octanol–water partition coefficient (Wildman–Crippen LogP) is 5.71. The summed E-state index contributed by atoms with van der Waals surface area (Å²) < 4.78 is 22.7. The number of carbonyl (C=O) groups excluding carboxylic acids is 1. The van der Waals surface area contributed by atoms with Gasteiger partial charge in [0, 0.05) is 24.9 Å². The summed E-state index contributed by atoms with van der Waals surface area (Å²) in [7, 11) is 0. The lowest BCUT2D eigenvalue weighted by atomic mass is 10.0. The molecule has 0 spiro atoms. The van der Waals surface area contributed by atoms with Gasteiger partial charge in [0.15, 0.2) is 0 Å². The lowest BCUT2D eigenvalue weighted by Gasteiger charge is -2.14. The minimum atomic E-state index is -0.884. The van der Waals surface area contributed by atoms with Crippen LogP contribution in [0.25, 0.3) is 11.5 Å². The van der Waals surface area contributed by atoms with Crippen LogP contribution in [0.1, 0.15) is 56.7 Å². The van der Waals surface area contributed by atoms with Crippen LogP contribution >= 0.6 is 0 Å². The van der Waals surface area contributed by atoms with Gasteiger partial charge in [0.05, 0.1) is 24.5 Å². The van der Waals surface area contributed by atoms with E-state index in [0.717, 1.165) is 33.9 Å². The molecule has 9 nitrogen and oxygen atoms in total. The first-order valence-corrected chi connectivity index (χ1v) is 12.7. The van der Waals surface area contributed by atoms with Crippen molar-refractivity contribution in [3.63, 3.8) is 0 Å². The number of hydrogen-bond donors (Lipinski definition) is 2. The maximum Gasteiger partial charge on any atom is 0.407 e. The van der Waals surface area contributed by atoms with Crippen LogP contribution in [-0.2, 0) is 28.9 Å². The van der Waals surface area contributed by atoms with Crippen molar-refractivity contribution in [3.05, 3.63) is 65.0 Å². The van der Waals surface area contributed by atoms with Crippen molar-refractivity contribution in [2.45, 2.75) is 72.6 Å². The third-order valence-electron chi connectivity index (χ3n) is 5.53. The van der Waals surface area contributed by atoms with Crippen LogP contribution in [0.4, 0.5) is 4.79 Å². The Hall–Kier alpha value is -4.01. The van der Waals surface area contributed by atoms with Crippen molar-refractivity contribution >= 4 is 12.1 Å². The van der Waals surface area contributed by atoms with Crippen LogP contribution < -0.4 is 14.8 Å². The number of nitrogens with zero attached hydrogens (tertiary/aromatic N) is 1. The fraction of sp³-hybridized carbons (Fsp3) is 0.414. The van der Waals surface area contributed by atoms with Crippen molar-refractivity contribution in [2.75, 3.05) is 6.61 Å². The van der Waals surface area contributed by atoms with Gasteiger partial charge in [-0.25, -0.2) is 9.78 Å². The summed E-state index contributed by atoms with van der Waals surface area (Å²) in [6.45, 7) is 9.94. The van der Waals surface area contributed by atoms with Crippen LogP contribution in [0.5, 0.6) is 11.5 Å². The third-order valence-corrected chi connectivity index (χ3v) is 5.53. The molecule has 0 atom stereocenters. The minimum absolute atomic E-state index is 0.00904. The molecular weight excluding hydrogens is 488 g/mol. The second kappa shape index (κ2) is 13.5. The Morgan fingerprint density at radius 3 is 2.34 bits per heavy atom. The zero-order chi connectivity index (χ0) is 27.7. The number of oxazole rings is 1. The van der Waals surface area contributed by atoms with Gasteiger partial charge < -0.3 is 29.1 Å². The molecule has 9 heteroatoms. The molecule has 0 fully saturated rings. The van der Waals surface area contributed by atoms with Gasteiger partial charge in [0.2, 0.25) is 5.89 Å². The lowest BCUT2D eigenvalue weighted by molar-refractivity contribution is -0.136. The molecule has 0 aliphatic rings. The molecule has 0 aliphatic heterocycles. The maximum absolute atomic E-state index is 11.9. The average molecular weight is 525 g/mol. The first kappa shape index (κ1) is 28.6. The second-order valence-electron chi connectivity index (χ2n) is 9.44. The number of aliphatic carboxylic acids is 1. The molecule has 0 aliphatic carbocycles. The molecule has 0 saturated heterocycles. The molecule has 204 valence electrons. The normalized spacial score (nSPS) is 11.0. The van der Waals surface area contributed by atoms with E-state index < -0.39 is 12.1 Å². The third kappa shape index (κ3) is 8.83. The average Bonchev–Trinajstić information content (AvgIpc) is 3.22. The molecule has 1 amide bonds. The summed E-state index contributed by atoms with van der Waals surface area (Å²) in [5, 5.41) is 11.8. The van der Waals surface area contributed by atoms with Gasteiger partial charge >= 0.3 is 12.1 Å². The van der Waals surface area contributed by atoms with Crippen LogP contribution in [-0.4, -0.2) is 41.0 Å². The Bertz CT molecular complexity index is 1220. The highest BCUT2D eigenvalue weighted by Gasteiger charge is 2.14. The van der Waals surface area contributed by atoms with Crippen molar-refractivity contribution in [3.8, 4) is 23.0 Å². The Balaban J connectivity index is 1.63. The van der Waals surface area contributed by atoms with E-state index in [9.17, 15) is 9.59 Å². The molecule has 0 bridgehead atoms. The quantitative estimate of drug-likeness (QED) is 0.292. The molecular formula is C29H36N2O7. The van der Waals surface area contributed by atoms with Crippen molar-refractivity contribution in [2.24, 2.45) is 0 Å². The molecule has 1 heterocycles. The number of benzene rings is 2. The van der Waals surface area contributed by atoms with Crippen molar-refractivity contribution < 1.29 is 33.3 Å². The second-order valence-corrected chi connectivity index (χ2v) is 9.44. The molecule has 2 N–H and O–H groups in total. The Labute approximate surface area is 223 Å². The number of amides is 1. The number of nitrogens with one attached hydrogen (secondary N) is 1. The van der Waals surface area contributed by atoms with Crippen LogP contribution in [0.2, 0.25) is 0 Å².